The Kier molecular flexibility index (Phi) is 3.23. The van der Waals surface area contributed by atoms with Crippen LogP contribution < -0.4 is 5.32 Å². The molecule has 0 saturated carbocycles. The van der Waals surface area contributed by atoms with Crippen molar-refractivity contribution in [3.63, 3.8) is 0 Å². The summed E-state index contributed by atoms with van der Waals surface area (Å²) in [5.74, 6) is 2.20. The molecule has 0 aliphatic heterocycles. The van der Waals surface area contributed by atoms with Gasteiger partial charge in [0.1, 0.15) is 5.69 Å². The molecular formula is C15H11N3OS. The fraction of sp³-hybridized carbons (Fsp3) is 0.0667. The summed E-state index contributed by atoms with van der Waals surface area (Å²) in [7, 11) is 0. The standard InChI is InChI=1S/C15H11N3OS/c1-2-8-16-14(19)13-10-20-15-17-12(9-18(13)15)11-6-4-3-5-7-11/h1,3-7,9-10H,8H2,(H,16,19). The SMILES string of the molecule is C#CCNC(=O)c1csc2nc(-c3ccccc3)cn12. The van der Waals surface area contributed by atoms with Crippen molar-refractivity contribution in [1.82, 2.24) is 14.7 Å². The maximum Gasteiger partial charge on any atom is 0.269 e. The quantitative estimate of drug-likeness (QED) is 0.749. The fourth-order valence-corrected chi connectivity index (χ4v) is 2.77. The highest BCUT2D eigenvalue weighted by atomic mass is 32.1. The zero-order valence-corrected chi connectivity index (χ0v) is 11.4. The van der Waals surface area contributed by atoms with Crippen LogP contribution in [0.25, 0.3) is 16.2 Å². The third kappa shape index (κ3) is 2.17. The van der Waals surface area contributed by atoms with Crippen LogP contribution in [0.5, 0.6) is 0 Å². The van der Waals surface area contributed by atoms with Gasteiger partial charge in [0, 0.05) is 17.1 Å². The fourth-order valence-electron chi connectivity index (χ4n) is 1.92. The molecule has 0 radical (unpaired) electrons. The number of amides is 1. The summed E-state index contributed by atoms with van der Waals surface area (Å²) >= 11 is 1.43. The molecule has 0 aliphatic rings. The van der Waals surface area contributed by atoms with Gasteiger partial charge in [-0.15, -0.1) is 17.8 Å². The minimum atomic E-state index is -0.189. The number of thiazole rings is 1. The zero-order valence-electron chi connectivity index (χ0n) is 10.5. The topological polar surface area (TPSA) is 46.4 Å². The Morgan fingerprint density at radius 3 is 2.95 bits per heavy atom. The van der Waals surface area contributed by atoms with Crippen LogP contribution in [0.3, 0.4) is 0 Å². The van der Waals surface area contributed by atoms with Crippen molar-refractivity contribution >= 4 is 22.2 Å². The van der Waals surface area contributed by atoms with Crippen LogP contribution in [0.2, 0.25) is 0 Å². The molecule has 4 nitrogen and oxygen atoms in total. The number of terminal acetylenes is 1. The lowest BCUT2D eigenvalue weighted by Gasteiger charge is -1.99. The summed E-state index contributed by atoms with van der Waals surface area (Å²) in [6.07, 6.45) is 7.01. The van der Waals surface area contributed by atoms with Gasteiger partial charge in [-0.3, -0.25) is 9.20 Å². The molecule has 2 heterocycles. The molecule has 1 N–H and O–H groups in total. The van der Waals surface area contributed by atoms with Gasteiger partial charge in [-0.2, -0.15) is 0 Å². The number of fused-ring (bicyclic) bond motifs is 1. The number of nitrogens with zero attached hydrogens (tertiary/aromatic N) is 2. The Hall–Kier alpha value is -2.58. The normalized spacial score (nSPS) is 10.3. The molecule has 3 rings (SSSR count). The van der Waals surface area contributed by atoms with Crippen molar-refractivity contribution in [2.24, 2.45) is 0 Å². The van der Waals surface area contributed by atoms with Gasteiger partial charge >= 0.3 is 0 Å². The second-order valence-electron chi connectivity index (χ2n) is 4.15. The van der Waals surface area contributed by atoms with E-state index in [0.29, 0.717) is 5.69 Å². The first kappa shape index (κ1) is 12.5. The summed E-state index contributed by atoms with van der Waals surface area (Å²) in [5.41, 5.74) is 2.43. The molecule has 5 heteroatoms. The molecule has 2 aromatic heterocycles. The van der Waals surface area contributed by atoms with Crippen LogP contribution in [-0.4, -0.2) is 21.8 Å². The maximum absolute atomic E-state index is 12.0. The number of imidazole rings is 1. The van der Waals surface area contributed by atoms with Gasteiger partial charge in [0.15, 0.2) is 4.96 Å². The van der Waals surface area contributed by atoms with E-state index >= 15 is 0 Å². The maximum atomic E-state index is 12.0. The van der Waals surface area contributed by atoms with E-state index in [1.165, 1.54) is 11.3 Å². The van der Waals surface area contributed by atoms with Gasteiger partial charge in [0.25, 0.3) is 5.91 Å². The molecule has 3 aromatic rings. The summed E-state index contributed by atoms with van der Waals surface area (Å²) in [6.45, 7) is 0.219. The number of rotatable bonds is 3. The van der Waals surface area contributed by atoms with E-state index in [2.05, 4.69) is 16.2 Å². The van der Waals surface area contributed by atoms with Crippen molar-refractivity contribution in [3.05, 3.63) is 47.6 Å². The molecule has 0 saturated heterocycles. The third-order valence-corrected chi connectivity index (χ3v) is 3.70. The first-order valence-electron chi connectivity index (χ1n) is 6.03. The van der Waals surface area contributed by atoms with Crippen molar-refractivity contribution in [3.8, 4) is 23.6 Å². The minimum absolute atomic E-state index is 0.189. The summed E-state index contributed by atoms with van der Waals surface area (Å²) in [4.78, 5) is 17.3. The van der Waals surface area contributed by atoms with E-state index in [9.17, 15) is 4.79 Å². The Morgan fingerprint density at radius 2 is 2.20 bits per heavy atom. The Labute approximate surface area is 120 Å². The van der Waals surface area contributed by atoms with E-state index in [0.717, 1.165) is 16.2 Å². The van der Waals surface area contributed by atoms with Gasteiger partial charge in [-0.05, 0) is 0 Å². The van der Waals surface area contributed by atoms with Gasteiger partial charge in [0.05, 0.1) is 12.2 Å². The predicted molar refractivity (Wildman–Crippen MR) is 79.7 cm³/mol. The lowest BCUT2D eigenvalue weighted by atomic mass is 10.2. The monoisotopic (exact) mass is 281 g/mol. The molecule has 0 spiro atoms. The molecule has 0 bridgehead atoms. The number of aromatic nitrogens is 2. The van der Waals surface area contributed by atoms with Crippen molar-refractivity contribution in [1.29, 1.82) is 0 Å². The van der Waals surface area contributed by atoms with Crippen LogP contribution in [0.4, 0.5) is 0 Å². The Balaban J connectivity index is 1.99. The average Bonchev–Trinajstić information content (AvgIpc) is 3.05. The molecule has 98 valence electrons. The second-order valence-corrected chi connectivity index (χ2v) is 4.99. The minimum Gasteiger partial charge on any atom is -0.340 e. The highest BCUT2D eigenvalue weighted by Crippen LogP contribution is 2.23. The largest absolute Gasteiger partial charge is 0.340 e. The summed E-state index contributed by atoms with van der Waals surface area (Å²) < 4.78 is 1.79. The third-order valence-electron chi connectivity index (χ3n) is 2.86. The predicted octanol–water partition coefficient (Wildman–Crippen LogP) is 2.43. The average molecular weight is 281 g/mol. The highest BCUT2D eigenvalue weighted by molar-refractivity contribution is 7.15. The van der Waals surface area contributed by atoms with Crippen LogP contribution in [0.1, 0.15) is 10.5 Å². The van der Waals surface area contributed by atoms with Crippen LogP contribution >= 0.6 is 11.3 Å². The molecule has 0 fully saturated rings. The molecule has 0 atom stereocenters. The van der Waals surface area contributed by atoms with Crippen molar-refractivity contribution < 1.29 is 4.79 Å². The lowest BCUT2D eigenvalue weighted by Crippen LogP contribution is -2.24. The highest BCUT2D eigenvalue weighted by Gasteiger charge is 2.14. The van der Waals surface area contributed by atoms with E-state index in [1.807, 2.05) is 36.5 Å². The number of nitrogens with one attached hydrogen (secondary N) is 1. The molecule has 0 aliphatic carbocycles. The van der Waals surface area contributed by atoms with Crippen molar-refractivity contribution in [2.75, 3.05) is 6.54 Å². The molecular weight excluding hydrogens is 270 g/mol. The molecule has 0 unspecified atom stereocenters. The van der Waals surface area contributed by atoms with Gasteiger partial charge in [0.2, 0.25) is 0 Å². The smallest absolute Gasteiger partial charge is 0.269 e. The van der Waals surface area contributed by atoms with Crippen molar-refractivity contribution in [2.45, 2.75) is 0 Å². The second kappa shape index (κ2) is 5.19. The first-order chi connectivity index (χ1) is 9.79. The number of carbonyl (C=O) groups is 1. The van der Waals surface area contributed by atoms with E-state index < -0.39 is 0 Å². The molecule has 1 aromatic carbocycles. The van der Waals surface area contributed by atoms with Crippen LogP contribution in [0.15, 0.2) is 41.9 Å². The Bertz CT molecular complexity index is 795. The summed E-state index contributed by atoms with van der Waals surface area (Å²) in [6, 6.07) is 9.86. The van der Waals surface area contributed by atoms with Gasteiger partial charge < -0.3 is 5.32 Å². The lowest BCUT2D eigenvalue weighted by molar-refractivity contribution is 0.0953. The first-order valence-corrected chi connectivity index (χ1v) is 6.91. The molecule has 1 amide bonds. The van der Waals surface area contributed by atoms with Gasteiger partial charge in [-0.25, -0.2) is 4.98 Å². The van der Waals surface area contributed by atoms with Gasteiger partial charge in [-0.1, -0.05) is 36.3 Å². The van der Waals surface area contributed by atoms with Crippen LogP contribution in [-0.2, 0) is 0 Å². The number of benzene rings is 1. The van der Waals surface area contributed by atoms with E-state index in [4.69, 9.17) is 6.42 Å². The number of carbonyl (C=O) groups excluding carboxylic acids is 1. The van der Waals surface area contributed by atoms with Crippen LogP contribution in [0, 0.1) is 12.3 Å². The zero-order chi connectivity index (χ0) is 13.9. The molecule has 20 heavy (non-hydrogen) atoms. The van der Waals surface area contributed by atoms with E-state index in [1.54, 1.807) is 9.78 Å². The number of hydrogen-bond acceptors (Lipinski definition) is 3. The van der Waals surface area contributed by atoms with E-state index in [-0.39, 0.29) is 12.5 Å². The Morgan fingerprint density at radius 1 is 1.40 bits per heavy atom. The number of hydrogen-bond donors (Lipinski definition) is 1. The summed E-state index contributed by atoms with van der Waals surface area (Å²) in [5, 5.41) is 4.44.